The molecule has 4 heteroatoms. The van der Waals surface area contributed by atoms with Gasteiger partial charge in [0.25, 0.3) is 0 Å². The first-order chi connectivity index (χ1) is 7.63. The topological polar surface area (TPSA) is 55.1 Å². The monoisotopic (exact) mass is 258 g/mol. The van der Waals surface area contributed by atoms with E-state index in [1.165, 1.54) is 12.8 Å². The lowest BCUT2D eigenvalue weighted by molar-refractivity contribution is -0.127. The van der Waals surface area contributed by atoms with Crippen molar-refractivity contribution < 1.29 is 4.79 Å². The minimum Gasteiger partial charge on any atom is -0.353 e. The second kappa shape index (κ2) is 5.87. The number of hydrogen-bond acceptors (Lipinski definition) is 2. The molecule has 0 aliphatic heterocycles. The first kappa shape index (κ1) is 14.5. The van der Waals surface area contributed by atoms with Gasteiger partial charge in [-0.05, 0) is 44.4 Å². The van der Waals surface area contributed by atoms with Gasteiger partial charge in [0, 0.05) is 12.1 Å². The average molecular weight is 259 g/mol. The fourth-order valence-corrected chi connectivity index (χ4v) is 3.37. The van der Waals surface area contributed by atoms with Crippen molar-refractivity contribution in [2.45, 2.75) is 44.7 Å². The number of rotatable bonds is 4. The molecule has 2 aliphatic carbocycles. The summed E-state index contributed by atoms with van der Waals surface area (Å²) in [6, 6.07) is 0.269. The van der Waals surface area contributed by atoms with Gasteiger partial charge >= 0.3 is 0 Å². The van der Waals surface area contributed by atoms with Crippen LogP contribution in [0.25, 0.3) is 0 Å². The lowest BCUT2D eigenvalue weighted by atomic mass is 9.84. The van der Waals surface area contributed by atoms with E-state index in [2.05, 4.69) is 11.9 Å². The average Bonchev–Trinajstić information content (AvgIpc) is 2.77. The molecule has 2 bridgehead atoms. The van der Waals surface area contributed by atoms with Gasteiger partial charge in [0.2, 0.25) is 5.91 Å². The van der Waals surface area contributed by atoms with Crippen LogP contribution in [0.15, 0.2) is 12.7 Å². The van der Waals surface area contributed by atoms with E-state index in [4.69, 9.17) is 5.73 Å². The predicted octanol–water partition coefficient (Wildman–Crippen LogP) is 1.86. The maximum absolute atomic E-state index is 12.1. The molecule has 0 aromatic rings. The molecule has 0 aromatic heterocycles. The van der Waals surface area contributed by atoms with Crippen LogP contribution in [0.3, 0.4) is 0 Å². The SMILES string of the molecule is C=CCC(C)NC(=O)C1C2CCC(C2)C1N.Cl. The second-order valence-corrected chi connectivity index (χ2v) is 5.37. The second-order valence-electron chi connectivity index (χ2n) is 5.37. The van der Waals surface area contributed by atoms with Crippen LogP contribution in [0.5, 0.6) is 0 Å². The molecule has 0 radical (unpaired) electrons. The summed E-state index contributed by atoms with van der Waals surface area (Å²) in [5.74, 6) is 1.35. The minimum atomic E-state index is 0. The molecule has 5 unspecified atom stereocenters. The first-order valence-electron chi connectivity index (χ1n) is 6.30. The van der Waals surface area contributed by atoms with Gasteiger partial charge in [-0.2, -0.15) is 0 Å². The molecular formula is C13H23ClN2O. The molecule has 17 heavy (non-hydrogen) atoms. The highest BCUT2D eigenvalue weighted by molar-refractivity contribution is 5.85. The first-order valence-corrected chi connectivity index (χ1v) is 6.30. The van der Waals surface area contributed by atoms with Crippen molar-refractivity contribution in [1.29, 1.82) is 0 Å². The van der Waals surface area contributed by atoms with Crippen LogP contribution >= 0.6 is 12.4 Å². The Hall–Kier alpha value is -0.540. The van der Waals surface area contributed by atoms with Crippen molar-refractivity contribution in [1.82, 2.24) is 5.32 Å². The number of fused-ring (bicyclic) bond motifs is 2. The molecule has 0 aromatic carbocycles. The summed E-state index contributed by atoms with van der Waals surface area (Å²) < 4.78 is 0. The standard InChI is InChI=1S/C13H22N2O.ClH/c1-3-4-8(2)15-13(16)11-9-5-6-10(7-9)12(11)14;/h3,8-12H,1,4-7,14H2,2H3,(H,15,16);1H. The molecule has 1 amide bonds. The van der Waals surface area contributed by atoms with Crippen LogP contribution in [0, 0.1) is 17.8 Å². The van der Waals surface area contributed by atoms with Crippen molar-refractivity contribution in [2.24, 2.45) is 23.5 Å². The van der Waals surface area contributed by atoms with Crippen LogP contribution in [-0.4, -0.2) is 18.0 Å². The third-order valence-electron chi connectivity index (χ3n) is 4.19. The van der Waals surface area contributed by atoms with Crippen molar-refractivity contribution in [3.8, 4) is 0 Å². The smallest absolute Gasteiger partial charge is 0.225 e. The fourth-order valence-electron chi connectivity index (χ4n) is 3.37. The third kappa shape index (κ3) is 2.83. The van der Waals surface area contributed by atoms with Crippen LogP contribution in [0.2, 0.25) is 0 Å². The van der Waals surface area contributed by atoms with Crippen LogP contribution < -0.4 is 11.1 Å². The van der Waals surface area contributed by atoms with E-state index in [1.807, 2.05) is 13.0 Å². The quantitative estimate of drug-likeness (QED) is 0.757. The summed E-state index contributed by atoms with van der Waals surface area (Å²) in [6.07, 6.45) is 6.23. The highest BCUT2D eigenvalue weighted by Crippen LogP contribution is 2.47. The molecule has 2 aliphatic rings. The summed E-state index contributed by atoms with van der Waals surface area (Å²) in [5.41, 5.74) is 6.13. The maximum atomic E-state index is 12.1. The predicted molar refractivity (Wildman–Crippen MR) is 72.0 cm³/mol. The lowest BCUT2D eigenvalue weighted by Crippen LogP contribution is -2.47. The number of carbonyl (C=O) groups is 1. The zero-order valence-electron chi connectivity index (χ0n) is 10.4. The summed E-state index contributed by atoms with van der Waals surface area (Å²) in [5, 5.41) is 3.05. The van der Waals surface area contributed by atoms with Crippen molar-refractivity contribution in [3.05, 3.63) is 12.7 Å². The van der Waals surface area contributed by atoms with Gasteiger partial charge in [0.05, 0.1) is 5.92 Å². The number of carbonyl (C=O) groups excluding carboxylic acids is 1. The molecule has 0 heterocycles. The molecule has 2 saturated carbocycles. The summed E-state index contributed by atoms with van der Waals surface area (Å²) >= 11 is 0. The van der Waals surface area contributed by atoms with Gasteiger partial charge in [-0.3, -0.25) is 4.79 Å². The number of nitrogens with one attached hydrogen (secondary N) is 1. The largest absolute Gasteiger partial charge is 0.353 e. The van der Waals surface area contributed by atoms with E-state index in [0.29, 0.717) is 11.8 Å². The van der Waals surface area contributed by atoms with E-state index in [1.54, 1.807) is 0 Å². The molecule has 0 saturated heterocycles. The molecule has 98 valence electrons. The van der Waals surface area contributed by atoms with Gasteiger partial charge in [-0.15, -0.1) is 19.0 Å². The van der Waals surface area contributed by atoms with Crippen molar-refractivity contribution in [2.75, 3.05) is 0 Å². The molecule has 3 N–H and O–H groups in total. The zero-order valence-corrected chi connectivity index (χ0v) is 11.2. The van der Waals surface area contributed by atoms with Crippen LogP contribution in [0.4, 0.5) is 0 Å². The van der Waals surface area contributed by atoms with E-state index in [0.717, 1.165) is 12.8 Å². The molecular weight excluding hydrogens is 236 g/mol. The van der Waals surface area contributed by atoms with Gasteiger partial charge in [-0.1, -0.05) is 6.08 Å². The number of amides is 1. The van der Waals surface area contributed by atoms with Gasteiger partial charge < -0.3 is 11.1 Å². The Morgan fingerprint density at radius 1 is 1.53 bits per heavy atom. The Morgan fingerprint density at radius 3 is 2.71 bits per heavy atom. The van der Waals surface area contributed by atoms with Gasteiger partial charge in [0.1, 0.15) is 0 Å². The molecule has 0 spiro atoms. The molecule has 2 rings (SSSR count). The highest BCUT2D eigenvalue weighted by atomic mass is 35.5. The van der Waals surface area contributed by atoms with Gasteiger partial charge in [-0.25, -0.2) is 0 Å². The fraction of sp³-hybridized carbons (Fsp3) is 0.769. The Bertz CT molecular complexity index is 293. The van der Waals surface area contributed by atoms with Crippen LogP contribution in [0.1, 0.15) is 32.6 Å². The number of hydrogen-bond donors (Lipinski definition) is 2. The number of nitrogens with two attached hydrogens (primary N) is 1. The Labute approximate surface area is 110 Å². The Balaban J connectivity index is 0.00000144. The highest BCUT2D eigenvalue weighted by Gasteiger charge is 2.49. The molecule has 5 atom stereocenters. The van der Waals surface area contributed by atoms with E-state index >= 15 is 0 Å². The molecule has 3 nitrogen and oxygen atoms in total. The van der Waals surface area contributed by atoms with E-state index in [-0.39, 0.29) is 36.3 Å². The summed E-state index contributed by atoms with van der Waals surface area (Å²) in [7, 11) is 0. The third-order valence-corrected chi connectivity index (χ3v) is 4.19. The maximum Gasteiger partial charge on any atom is 0.225 e. The Kier molecular flexibility index (Phi) is 5.02. The molecule has 2 fully saturated rings. The van der Waals surface area contributed by atoms with Crippen molar-refractivity contribution in [3.63, 3.8) is 0 Å². The zero-order chi connectivity index (χ0) is 11.7. The van der Waals surface area contributed by atoms with Gasteiger partial charge in [0.15, 0.2) is 0 Å². The van der Waals surface area contributed by atoms with Crippen molar-refractivity contribution >= 4 is 18.3 Å². The van der Waals surface area contributed by atoms with E-state index in [9.17, 15) is 4.79 Å². The normalized spacial score (nSPS) is 36.1. The lowest BCUT2D eigenvalue weighted by Gasteiger charge is -2.28. The summed E-state index contributed by atoms with van der Waals surface area (Å²) in [6.45, 7) is 5.69. The van der Waals surface area contributed by atoms with Crippen LogP contribution in [-0.2, 0) is 4.79 Å². The minimum absolute atomic E-state index is 0. The van der Waals surface area contributed by atoms with E-state index < -0.39 is 0 Å². The number of halogens is 1. The Morgan fingerprint density at radius 2 is 2.18 bits per heavy atom. The summed E-state index contributed by atoms with van der Waals surface area (Å²) in [4.78, 5) is 12.1.